The molecule has 2 aromatic rings. The highest BCUT2D eigenvalue weighted by Crippen LogP contribution is 2.32. The molecule has 1 aromatic heterocycles. The first-order chi connectivity index (χ1) is 16.1. The minimum Gasteiger partial charge on any atom is -0.465 e. The smallest absolute Gasteiger partial charge is 0.339 e. The lowest BCUT2D eigenvalue weighted by atomic mass is 10.0. The van der Waals surface area contributed by atoms with Gasteiger partial charge >= 0.3 is 5.97 Å². The summed E-state index contributed by atoms with van der Waals surface area (Å²) in [7, 11) is -2.29. The molecule has 2 aliphatic heterocycles. The van der Waals surface area contributed by atoms with Crippen molar-refractivity contribution in [1.29, 1.82) is 0 Å². The van der Waals surface area contributed by atoms with Crippen LogP contribution in [0.15, 0.2) is 23.1 Å². The van der Waals surface area contributed by atoms with Gasteiger partial charge in [0, 0.05) is 37.9 Å². The Bertz CT molecular complexity index is 1260. The first kappa shape index (κ1) is 24.2. The maximum absolute atomic E-state index is 13.3. The number of fused-ring (bicyclic) bond motifs is 1. The molecule has 0 spiro atoms. The molecule has 0 atom stereocenters. The summed E-state index contributed by atoms with van der Waals surface area (Å²) in [5.41, 5.74) is 2.74. The molecule has 1 saturated heterocycles. The van der Waals surface area contributed by atoms with Crippen LogP contribution in [0.5, 0.6) is 0 Å². The van der Waals surface area contributed by atoms with Gasteiger partial charge in [0.2, 0.25) is 15.9 Å². The van der Waals surface area contributed by atoms with Crippen molar-refractivity contribution in [2.75, 3.05) is 31.6 Å². The number of H-pyrrole nitrogens is 1. The highest BCUT2D eigenvalue weighted by Gasteiger charge is 2.31. The van der Waals surface area contributed by atoms with E-state index in [4.69, 9.17) is 4.74 Å². The minimum atomic E-state index is -3.55. The molecule has 0 unspecified atom stereocenters. The van der Waals surface area contributed by atoms with Crippen LogP contribution in [-0.2, 0) is 32.4 Å². The van der Waals surface area contributed by atoms with Crippen molar-refractivity contribution in [3.63, 3.8) is 0 Å². The number of anilines is 1. The SMILES string of the molecule is COC(=O)c1c(CC(=O)N2CCCc3cc(S(=O)(=O)N4CCCC4)ccc32)[nH]c(C(C)=O)c1C. The van der Waals surface area contributed by atoms with Gasteiger partial charge in [0.25, 0.3) is 0 Å². The Balaban J connectivity index is 1.63. The van der Waals surface area contributed by atoms with Crippen LogP contribution in [0.4, 0.5) is 5.69 Å². The lowest BCUT2D eigenvalue weighted by Gasteiger charge is -2.30. The van der Waals surface area contributed by atoms with Crippen molar-refractivity contribution in [2.24, 2.45) is 0 Å². The predicted molar refractivity (Wildman–Crippen MR) is 126 cm³/mol. The van der Waals surface area contributed by atoms with Gasteiger partial charge in [0.15, 0.2) is 5.78 Å². The Labute approximate surface area is 199 Å². The molecular weight excluding hydrogens is 458 g/mol. The van der Waals surface area contributed by atoms with E-state index in [0.29, 0.717) is 49.4 Å². The Morgan fingerprint density at radius 1 is 1.09 bits per heavy atom. The lowest BCUT2D eigenvalue weighted by Crippen LogP contribution is -2.37. The number of esters is 1. The second kappa shape index (κ2) is 9.34. The zero-order valence-electron chi connectivity index (χ0n) is 19.6. The molecule has 0 aliphatic carbocycles. The van der Waals surface area contributed by atoms with Crippen molar-refractivity contribution in [3.8, 4) is 0 Å². The number of Topliss-reactive ketones (excluding diaryl/α,β-unsaturated/α-hetero) is 1. The zero-order valence-corrected chi connectivity index (χ0v) is 20.5. The Kier molecular flexibility index (Phi) is 6.64. The van der Waals surface area contributed by atoms with Crippen LogP contribution in [0.3, 0.4) is 0 Å². The van der Waals surface area contributed by atoms with Gasteiger partial charge in [0.05, 0.1) is 29.7 Å². The molecule has 1 amide bonds. The van der Waals surface area contributed by atoms with Crippen molar-refractivity contribution in [3.05, 3.63) is 46.3 Å². The van der Waals surface area contributed by atoms with Crippen molar-refractivity contribution >= 4 is 33.4 Å². The van der Waals surface area contributed by atoms with E-state index in [0.717, 1.165) is 18.4 Å². The molecule has 34 heavy (non-hydrogen) atoms. The minimum absolute atomic E-state index is 0.119. The molecule has 1 N–H and O–H groups in total. The summed E-state index contributed by atoms with van der Waals surface area (Å²) < 4.78 is 32.3. The Morgan fingerprint density at radius 2 is 1.79 bits per heavy atom. The van der Waals surface area contributed by atoms with Crippen LogP contribution in [0.1, 0.15) is 63.9 Å². The van der Waals surface area contributed by atoms with Gasteiger partial charge in [-0.2, -0.15) is 4.31 Å². The van der Waals surface area contributed by atoms with Crippen molar-refractivity contribution in [2.45, 2.75) is 50.8 Å². The standard InChI is InChI=1S/C24H29N3O6S/c1-15-22(24(30)33-3)19(25-23(15)16(2)28)14-21(29)27-12-6-7-17-13-18(8-9-20(17)27)34(31,32)26-10-4-5-11-26/h8-9,13,25H,4-7,10-12,14H2,1-3H3. The van der Waals surface area contributed by atoms with Crippen LogP contribution in [0, 0.1) is 6.92 Å². The normalized spacial score (nSPS) is 16.4. The molecular formula is C24H29N3O6S. The monoisotopic (exact) mass is 487 g/mol. The number of ketones is 1. The number of aromatic nitrogens is 1. The molecule has 1 fully saturated rings. The molecule has 3 heterocycles. The molecule has 9 nitrogen and oxygen atoms in total. The third-order valence-corrected chi connectivity index (χ3v) is 8.47. The number of aromatic amines is 1. The van der Waals surface area contributed by atoms with Crippen LogP contribution in [0.2, 0.25) is 0 Å². The van der Waals surface area contributed by atoms with E-state index in [9.17, 15) is 22.8 Å². The zero-order chi connectivity index (χ0) is 24.6. The van der Waals surface area contributed by atoms with Gasteiger partial charge in [-0.1, -0.05) is 0 Å². The molecule has 0 radical (unpaired) electrons. The summed E-state index contributed by atoms with van der Waals surface area (Å²) in [5, 5.41) is 0. The largest absolute Gasteiger partial charge is 0.465 e. The van der Waals surface area contributed by atoms with Gasteiger partial charge in [-0.3, -0.25) is 9.59 Å². The molecule has 182 valence electrons. The topological polar surface area (TPSA) is 117 Å². The number of carbonyl (C=O) groups excluding carboxylic acids is 3. The molecule has 4 rings (SSSR count). The molecule has 10 heteroatoms. The summed E-state index contributed by atoms with van der Waals surface area (Å²) in [6.45, 7) is 4.58. The highest BCUT2D eigenvalue weighted by atomic mass is 32.2. The number of rotatable bonds is 6. The first-order valence-corrected chi connectivity index (χ1v) is 12.8. The van der Waals surface area contributed by atoms with E-state index in [1.54, 1.807) is 30.0 Å². The number of ether oxygens (including phenoxy) is 1. The third kappa shape index (κ3) is 4.27. The van der Waals surface area contributed by atoms with Gasteiger partial charge in [0.1, 0.15) is 0 Å². The van der Waals surface area contributed by atoms with E-state index >= 15 is 0 Å². The number of sulfonamides is 1. The molecule has 2 aliphatic rings. The van der Waals surface area contributed by atoms with Gasteiger partial charge < -0.3 is 14.6 Å². The van der Waals surface area contributed by atoms with E-state index in [2.05, 4.69) is 4.98 Å². The quantitative estimate of drug-likeness (QED) is 0.495. The fourth-order valence-electron chi connectivity index (χ4n) is 4.84. The van der Waals surface area contributed by atoms with E-state index in [-0.39, 0.29) is 34.3 Å². The maximum atomic E-state index is 13.3. The number of methoxy groups -OCH3 is 1. The van der Waals surface area contributed by atoms with E-state index in [1.165, 1.54) is 18.3 Å². The van der Waals surface area contributed by atoms with Gasteiger partial charge in [-0.15, -0.1) is 0 Å². The van der Waals surface area contributed by atoms with E-state index in [1.807, 2.05) is 0 Å². The lowest BCUT2D eigenvalue weighted by molar-refractivity contribution is -0.118. The number of aryl methyl sites for hydroxylation is 1. The third-order valence-electron chi connectivity index (χ3n) is 6.57. The maximum Gasteiger partial charge on any atom is 0.339 e. The van der Waals surface area contributed by atoms with Crippen molar-refractivity contribution < 1.29 is 27.5 Å². The number of nitrogens with one attached hydrogen (secondary N) is 1. The fourth-order valence-corrected chi connectivity index (χ4v) is 6.41. The number of amides is 1. The second-order valence-electron chi connectivity index (χ2n) is 8.75. The number of nitrogens with zero attached hydrogens (tertiary/aromatic N) is 2. The van der Waals surface area contributed by atoms with Gasteiger partial charge in [-0.25, -0.2) is 13.2 Å². The van der Waals surface area contributed by atoms with Crippen LogP contribution >= 0.6 is 0 Å². The van der Waals surface area contributed by atoms with E-state index < -0.39 is 16.0 Å². The summed E-state index contributed by atoms with van der Waals surface area (Å²) in [4.78, 5) is 42.4. The average Bonchev–Trinajstić information content (AvgIpc) is 3.46. The first-order valence-electron chi connectivity index (χ1n) is 11.4. The van der Waals surface area contributed by atoms with Crippen molar-refractivity contribution in [1.82, 2.24) is 9.29 Å². The number of hydrogen-bond donors (Lipinski definition) is 1. The number of hydrogen-bond acceptors (Lipinski definition) is 6. The van der Waals surface area contributed by atoms with Crippen LogP contribution < -0.4 is 4.90 Å². The molecule has 0 bridgehead atoms. The highest BCUT2D eigenvalue weighted by molar-refractivity contribution is 7.89. The Morgan fingerprint density at radius 3 is 2.44 bits per heavy atom. The summed E-state index contributed by atoms with van der Waals surface area (Å²) in [6.07, 6.45) is 2.98. The second-order valence-corrected chi connectivity index (χ2v) is 10.7. The average molecular weight is 488 g/mol. The summed E-state index contributed by atoms with van der Waals surface area (Å²) >= 11 is 0. The van der Waals surface area contributed by atoms with Crippen LogP contribution in [-0.4, -0.2) is 62.1 Å². The Hall–Kier alpha value is -2.98. The predicted octanol–water partition coefficient (Wildman–Crippen LogP) is 2.62. The summed E-state index contributed by atoms with van der Waals surface area (Å²) in [5.74, 6) is -1.10. The molecule has 0 saturated carbocycles. The number of carbonyl (C=O) groups is 3. The summed E-state index contributed by atoms with van der Waals surface area (Å²) in [6, 6.07) is 4.93. The number of benzene rings is 1. The fraction of sp³-hybridized carbons (Fsp3) is 0.458. The van der Waals surface area contributed by atoms with Crippen LogP contribution in [0.25, 0.3) is 0 Å². The molecule has 1 aromatic carbocycles. The van der Waals surface area contributed by atoms with Gasteiger partial charge in [-0.05, 0) is 61.9 Å².